The average molecular weight is 283 g/mol. The molecule has 0 radical (unpaired) electrons. The second kappa shape index (κ2) is 7.28. The summed E-state index contributed by atoms with van der Waals surface area (Å²) in [5.41, 5.74) is 3.70. The molecule has 0 aromatic heterocycles. The molecule has 0 aliphatic carbocycles. The SMILES string of the molecule is CCNC(C)c1ccccc1-c1ccccc1OC(C)C. The van der Waals surface area contributed by atoms with Gasteiger partial charge < -0.3 is 10.1 Å². The molecule has 0 fully saturated rings. The molecule has 0 heterocycles. The Morgan fingerprint density at radius 2 is 1.52 bits per heavy atom. The summed E-state index contributed by atoms with van der Waals surface area (Å²) in [5, 5.41) is 3.49. The molecule has 0 aliphatic rings. The summed E-state index contributed by atoms with van der Waals surface area (Å²) in [5.74, 6) is 0.948. The maximum absolute atomic E-state index is 5.97. The van der Waals surface area contributed by atoms with E-state index in [0.29, 0.717) is 6.04 Å². The van der Waals surface area contributed by atoms with Crippen molar-refractivity contribution in [2.24, 2.45) is 0 Å². The topological polar surface area (TPSA) is 21.3 Å². The van der Waals surface area contributed by atoms with Gasteiger partial charge >= 0.3 is 0 Å². The van der Waals surface area contributed by atoms with Crippen LogP contribution in [-0.2, 0) is 0 Å². The maximum atomic E-state index is 5.97. The summed E-state index contributed by atoms with van der Waals surface area (Å²) in [7, 11) is 0. The van der Waals surface area contributed by atoms with Gasteiger partial charge in [-0.3, -0.25) is 0 Å². The minimum atomic E-state index is 0.171. The molecular weight excluding hydrogens is 258 g/mol. The first kappa shape index (κ1) is 15.6. The van der Waals surface area contributed by atoms with Gasteiger partial charge in [0.15, 0.2) is 0 Å². The van der Waals surface area contributed by atoms with Gasteiger partial charge in [0.1, 0.15) is 5.75 Å². The second-order valence-electron chi connectivity index (χ2n) is 5.53. The zero-order chi connectivity index (χ0) is 15.2. The zero-order valence-electron chi connectivity index (χ0n) is 13.4. The molecule has 0 saturated carbocycles. The first-order chi connectivity index (χ1) is 10.1. The molecule has 2 aromatic carbocycles. The number of nitrogens with one attached hydrogen (secondary N) is 1. The van der Waals surface area contributed by atoms with Crippen LogP contribution in [0.4, 0.5) is 0 Å². The summed E-state index contributed by atoms with van der Waals surface area (Å²) in [4.78, 5) is 0. The lowest BCUT2D eigenvalue weighted by atomic mass is 9.95. The second-order valence-corrected chi connectivity index (χ2v) is 5.53. The summed E-state index contributed by atoms with van der Waals surface area (Å²) in [6.45, 7) is 9.41. The lowest BCUT2D eigenvalue weighted by Crippen LogP contribution is -2.18. The Morgan fingerprint density at radius 1 is 0.905 bits per heavy atom. The van der Waals surface area contributed by atoms with Crippen LogP contribution in [0, 0.1) is 0 Å². The highest BCUT2D eigenvalue weighted by Crippen LogP contribution is 2.35. The number of para-hydroxylation sites is 1. The van der Waals surface area contributed by atoms with Gasteiger partial charge in [-0.1, -0.05) is 49.4 Å². The molecule has 0 aliphatic heterocycles. The van der Waals surface area contributed by atoms with E-state index in [-0.39, 0.29) is 6.10 Å². The number of hydrogen-bond acceptors (Lipinski definition) is 2. The van der Waals surface area contributed by atoms with Crippen LogP contribution in [0.25, 0.3) is 11.1 Å². The van der Waals surface area contributed by atoms with Crippen LogP contribution in [-0.4, -0.2) is 12.6 Å². The van der Waals surface area contributed by atoms with E-state index in [9.17, 15) is 0 Å². The van der Waals surface area contributed by atoms with Gasteiger partial charge in [-0.05, 0) is 44.5 Å². The van der Waals surface area contributed by atoms with Crippen molar-refractivity contribution in [3.8, 4) is 16.9 Å². The largest absolute Gasteiger partial charge is 0.490 e. The van der Waals surface area contributed by atoms with Crippen molar-refractivity contribution < 1.29 is 4.74 Å². The Kier molecular flexibility index (Phi) is 5.40. The van der Waals surface area contributed by atoms with Gasteiger partial charge in [-0.15, -0.1) is 0 Å². The van der Waals surface area contributed by atoms with Gasteiger partial charge in [0, 0.05) is 11.6 Å². The number of ether oxygens (including phenoxy) is 1. The molecule has 0 spiro atoms. The minimum Gasteiger partial charge on any atom is -0.490 e. The maximum Gasteiger partial charge on any atom is 0.127 e. The summed E-state index contributed by atoms with van der Waals surface area (Å²) in [6.07, 6.45) is 0.171. The van der Waals surface area contributed by atoms with Crippen molar-refractivity contribution in [3.05, 3.63) is 54.1 Å². The minimum absolute atomic E-state index is 0.171. The van der Waals surface area contributed by atoms with Crippen molar-refractivity contribution in [1.82, 2.24) is 5.32 Å². The van der Waals surface area contributed by atoms with Gasteiger partial charge in [-0.25, -0.2) is 0 Å². The number of rotatable bonds is 6. The molecule has 1 atom stereocenters. The van der Waals surface area contributed by atoms with E-state index in [0.717, 1.165) is 17.9 Å². The van der Waals surface area contributed by atoms with Gasteiger partial charge in [0.2, 0.25) is 0 Å². The average Bonchev–Trinajstić information content (AvgIpc) is 2.47. The molecule has 2 heteroatoms. The first-order valence-electron chi connectivity index (χ1n) is 7.71. The van der Waals surface area contributed by atoms with Crippen molar-refractivity contribution in [2.45, 2.75) is 39.8 Å². The third-order valence-electron chi connectivity index (χ3n) is 3.48. The molecule has 0 amide bonds. The quantitative estimate of drug-likeness (QED) is 0.821. The Morgan fingerprint density at radius 3 is 2.19 bits per heavy atom. The molecule has 112 valence electrons. The molecule has 0 bridgehead atoms. The van der Waals surface area contributed by atoms with Crippen LogP contribution in [0.15, 0.2) is 48.5 Å². The zero-order valence-corrected chi connectivity index (χ0v) is 13.4. The van der Waals surface area contributed by atoms with E-state index in [2.05, 4.69) is 69.4 Å². The molecule has 21 heavy (non-hydrogen) atoms. The van der Waals surface area contributed by atoms with E-state index in [1.807, 2.05) is 12.1 Å². The molecule has 1 N–H and O–H groups in total. The highest BCUT2D eigenvalue weighted by atomic mass is 16.5. The van der Waals surface area contributed by atoms with Crippen LogP contribution in [0.3, 0.4) is 0 Å². The van der Waals surface area contributed by atoms with Crippen LogP contribution >= 0.6 is 0 Å². The third kappa shape index (κ3) is 3.85. The normalized spacial score (nSPS) is 12.4. The first-order valence-corrected chi connectivity index (χ1v) is 7.71. The fourth-order valence-corrected chi connectivity index (χ4v) is 2.58. The highest BCUT2D eigenvalue weighted by molar-refractivity contribution is 5.73. The summed E-state index contributed by atoms with van der Waals surface area (Å²) >= 11 is 0. The van der Waals surface area contributed by atoms with E-state index in [1.165, 1.54) is 11.1 Å². The Balaban J connectivity index is 2.47. The van der Waals surface area contributed by atoms with E-state index < -0.39 is 0 Å². The standard InChI is InChI=1S/C19H25NO/c1-5-20-15(4)16-10-6-7-11-17(16)18-12-8-9-13-19(18)21-14(2)3/h6-15,20H,5H2,1-4H3. The summed E-state index contributed by atoms with van der Waals surface area (Å²) < 4.78 is 5.97. The van der Waals surface area contributed by atoms with Gasteiger partial charge in [0.05, 0.1) is 6.10 Å². The molecule has 0 saturated heterocycles. The molecule has 2 nitrogen and oxygen atoms in total. The van der Waals surface area contributed by atoms with Gasteiger partial charge in [-0.2, -0.15) is 0 Å². The molecular formula is C19H25NO. The van der Waals surface area contributed by atoms with E-state index >= 15 is 0 Å². The van der Waals surface area contributed by atoms with E-state index in [4.69, 9.17) is 4.74 Å². The fraction of sp³-hybridized carbons (Fsp3) is 0.368. The van der Waals surface area contributed by atoms with Crippen LogP contribution in [0.5, 0.6) is 5.75 Å². The fourth-order valence-electron chi connectivity index (χ4n) is 2.58. The smallest absolute Gasteiger partial charge is 0.127 e. The van der Waals surface area contributed by atoms with Gasteiger partial charge in [0.25, 0.3) is 0 Å². The predicted octanol–water partition coefficient (Wildman–Crippen LogP) is 4.81. The van der Waals surface area contributed by atoms with E-state index in [1.54, 1.807) is 0 Å². The van der Waals surface area contributed by atoms with Crippen LogP contribution < -0.4 is 10.1 Å². The molecule has 2 rings (SSSR count). The highest BCUT2D eigenvalue weighted by Gasteiger charge is 2.14. The van der Waals surface area contributed by atoms with Crippen molar-refractivity contribution >= 4 is 0 Å². The summed E-state index contributed by atoms with van der Waals surface area (Å²) in [6, 6.07) is 17.1. The lowest BCUT2D eigenvalue weighted by Gasteiger charge is -2.20. The third-order valence-corrected chi connectivity index (χ3v) is 3.48. The van der Waals surface area contributed by atoms with Crippen molar-refractivity contribution in [2.75, 3.05) is 6.54 Å². The Labute approximate surface area is 128 Å². The predicted molar refractivity (Wildman–Crippen MR) is 89.7 cm³/mol. The van der Waals surface area contributed by atoms with Crippen molar-refractivity contribution in [1.29, 1.82) is 0 Å². The molecule has 1 unspecified atom stereocenters. The Hall–Kier alpha value is -1.80. The Bertz CT molecular complexity index is 577. The lowest BCUT2D eigenvalue weighted by molar-refractivity contribution is 0.243. The molecule has 2 aromatic rings. The monoisotopic (exact) mass is 283 g/mol. The number of benzene rings is 2. The number of hydrogen-bond donors (Lipinski definition) is 1. The van der Waals surface area contributed by atoms with Crippen LogP contribution in [0.1, 0.15) is 39.3 Å². The van der Waals surface area contributed by atoms with Crippen molar-refractivity contribution in [3.63, 3.8) is 0 Å². The van der Waals surface area contributed by atoms with Crippen LogP contribution in [0.2, 0.25) is 0 Å².